The van der Waals surface area contributed by atoms with E-state index in [1.807, 2.05) is 23.1 Å². The lowest BCUT2D eigenvalue weighted by molar-refractivity contribution is 0.121. The highest BCUT2D eigenvalue weighted by atomic mass is 16.3. The Balaban J connectivity index is 1.24. The lowest BCUT2D eigenvalue weighted by Crippen LogP contribution is -2.44. The Morgan fingerprint density at radius 3 is 2.92 bits per heavy atom. The summed E-state index contributed by atoms with van der Waals surface area (Å²) in [5.41, 5.74) is 0. The van der Waals surface area contributed by atoms with Crippen molar-refractivity contribution in [2.24, 2.45) is 5.92 Å². The predicted molar refractivity (Wildman–Crippen MR) is 89.5 cm³/mol. The van der Waals surface area contributed by atoms with Gasteiger partial charge in [-0.05, 0) is 37.7 Å². The molecule has 0 saturated heterocycles. The molecule has 4 rings (SSSR count). The molecule has 0 aromatic carbocycles. The van der Waals surface area contributed by atoms with Gasteiger partial charge in [0.2, 0.25) is 0 Å². The molecule has 2 saturated carbocycles. The summed E-state index contributed by atoms with van der Waals surface area (Å²) in [6.45, 7) is 2.94. The van der Waals surface area contributed by atoms with Crippen LogP contribution >= 0.6 is 0 Å². The minimum Gasteiger partial charge on any atom is -0.393 e. The van der Waals surface area contributed by atoms with Gasteiger partial charge in [-0.1, -0.05) is 6.92 Å². The highest BCUT2D eigenvalue weighted by Crippen LogP contribution is 2.38. The van der Waals surface area contributed by atoms with Crippen LogP contribution < -0.4 is 5.32 Å². The predicted octanol–water partition coefficient (Wildman–Crippen LogP) is 1.41. The van der Waals surface area contributed by atoms with Gasteiger partial charge in [-0.25, -0.2) is 4.98 Å². The normalized spacial score (nSPS) is 32.8. The van der Waals surface area contributed by atoms with Crippen LogP contribution in [0.2, 0.25) is 0 Å². The molecular formula is C17H26N6O. The molecule has 2 fully saturated rings. The van der Waals surface area contributed by atoms with Crippen LogP contribution in [0, 0.1) is 5.92 Å². The molecule has 0 spiro atoms. The van der Waals surface area contributed by atoms with E-state index in [0.717, 1.165) is 50.3 Å². The van der Waals surface area contributed by atoms with Gasteiger partial charge in [-0.15, -0.1) is 0 Å². The van der Waals surface area contributed by atoms with E-state index in [4.69, 9.17) is 0 Å². The van der Waals surface area contributed by atoms with Crippen LogP contribution in [0.3, 0.4) is 0 Å². The zero-order valence-electron chi connectivity index (χ0n) is 14.1. The minimum atomic E-state index is -0.256. The van der Waals surface area contributed by atoms with Gasteiger partial charge in [0, 0.05) is 37.3 Å². The van der Waals surface area contributed by atoms with Crippen LogP contribution in [0.1, 0.15) is 56.2 Å². The van der Waals surface area contributed by atoms with Crippen molar-refractivity contribution in [3.63, 3.8) is 0 Å². The van der Waals surface area contributed by atoms with Crippen molar-refractivity contribution in [1.29, 1.82) is 0 Å². The van der Waals surface area contributed by atoms with Gasteiger partial charge >= 0.3 is 0 Å². The van der Waals surface area contributed by atoms with Crippen molar-refractivity contribution in [2.75, 3.05) is 6.54 Å². The van der Waals surface area contributed by atoms with E-state index in [2.05, 4.69) is 32.5 Å². The zero-order valence-corrected chi connectivity index (χ0v) is 14.1. The van der Waals surface area contributed by atoms with Crippen molar-refractivity contribution in [3.05, 3.63) is 30.1 Å². The Kier molecular flexibility index (Phi) is 4.37. The molecule has 2 aliphatic rings. The fraction of sp³-hybridized carbons (Fsp3) is 0.706. The summed E-state index contributed by atoms with van der Waals surface area (Å²) in [4.78, 5) is 4.53. The van der Waals surface area contributed by atoms with E-state index in [1.54, 1.807) is 0 Å². The summed E-state index contributed by atoms with van der Waals surface area (Å²) in [6.07, 6.45) is 8.46. The lowest BCUT2D eigenvalue weighted by Gasteiger charge is -2.37. The molecule has 2 aliphatic carbocycles. The Bertz CT molecular complexity index is 648. The van der Waals surface area contributed by atoms with Gasteiger partial charge in [0.05, 0.1) is 12.1 Å². The fourth-order valence-electron chi connectivity index (χ4n) is 3.97. The summed E-state index contributed by atoms with van der Waals surface area (Å²) in [5.74, 6) is 2.37. The van der Waals surface area contributed by atoms with Crippen LogP contribution in [0.4, 0.5) is 0 Å². The summed E-state index contributed by atoms with van der Waals surface area (Å²) in [6, 6.07) is 3.04. The van der Waals surface area contributed by atoms with E-state index in [-0.39, 0.29) is 12.0 Å². The van der Waals surface area contributed by atoms with Gasteiger partial charge in [-0.3, -0.25) is 9.78 Å². The first-order valence-electron chi connectivity index (χ1n) is 9.04. The maximum absolute atomic E-state index is 10.4. The monoisotopic (exact) mass is 330 g/mol. The van der Waals surface area contributed by atoms with Gasteiger partial charge in [-0.2, -0.15) is 10.2 Å². The Morgan fingerprint density at radius 1 is 1.33 bits per heavy atom. The topological polar surface area (TPSA) is 91.7 Å². The number of aliphatic hydroxyl groups is 1. The Labute approximate surface area is 141 Å². The maximum Gasteiger partial charge on any atom is 0.153 e. The van der Waals surface area contributed by atoms with Gasteiger partial charge in [0.1, 0.15) is 5.82 Å². The molecular weight excluding hydrogens is 304 g/mol. The average molecular weight is 330 g/mol. The van der Waals surface area contributed by atoms with E-state index >= 15 is 0 Å². The Morgan fingerprint density at radius 2 is 2.21 bits per heavy atom. The average Bonchev–Trinajstić information content (AvgIpc) is 3.26. The number of aromatic nitrogens is 5. The maximum atomic E-state index is 10.4. The molecule has 3 N–H and O–H groups in total. The molecule has 2 aromatic heterocycles. The quantitative estimate of drug-likeness (QED) is 0.745. The van der Waals surface area contributed by atoms with Gasteiger partial charge in [0.15, 0.2) is 5.82 Å². The first kappa shape index (κ1) is 15.8. The van der Waals surface area contributed by atoms with E-state index in [1.165, 1.54) is 0 Å². The summed E-state index contributed by atoms with van der Waals surface area (Å²) < 4.78 is 2.05. The number of aryl methyl sites for hydroxylation is 1. The van der Waals surface area contributed by atoms with Crippen LogP contribution in [0.25, 0.3) is 0 Å². The molecule has 2 aromatic rings. The molecule has 24 heavy (non-hydrogen) atoms. The highest BCUT2D eigenvalue weighted by molar-refractivity contribution is 5.04. The number of hydrogen-bond acceptors (Lipinski definition) is 5. The number of nitrogens with zero attached hydrogens (tertiary/aromatic N) is 4. The number of rotatable bonds is 6. The van der Waals surface area contributed by atoms with Crippen LogP contribution in [-0.4, -0.2) is 48.8 Å². The number of aromatic amines is 1. The van der Waals surface area contributed by atoms with Crippen LogP contribution in [0.5, 0.6) is 0 Å². The highest BCUT2D eigenvalue weighted by Gasteiger charge is 2.37. The second-order valence-electron chi connectivity index (χ2n) is 7.21. The van der Waals surface area contributed by atoms with Crippen molar-refractivity contribution >= 4 is 0 Å². The number of hydrogen-bond donors (Lipinski definition) is 3. The minimum absolute atomic E-state index is 0.256. The largest absolute Gasteiger partial charge is 0.393 e. The van der Waals surface area contributed by atoms with E-state index < -0.39 is 0 Å². The Hall–Kier alpha value is -1.73. The summed E-state index contributed by atoms with van der Waals surface area (Å²) in [5, 5.41) is 25.6. The van der Waals surface area contributed by atoms with Gasteiger partial charge in [0.25, 0.3) is 0 Å². The molecule has 0 unspecified atom stereocenters. The van der Waals surface area contributed by atoms with E-state index in [0.29, 0.717) is 18.0 Å². The third-order valence-electron chi connectivity index (χ3n) is 5.59. The SMILES string of the molecule is CCc1nc([C@H]2C[C@H](CNC3CC(n4cccn4)C3)[C@H](O)C2)n[nH]1. The molecule has 0 amide bonds. The molecule has 3 atom stereocenters. The van der Waals surface area contributed by atoms with Crippen molar-refractivity contribution in [1.82, 2.24) is 30.3 Å². The molecule has 0 radical (unpaired) electrons. The zero-order chi connectivity index (χ0) is 16.5. The van der Waals surface area contributed by atoms with Crippen LogP contribution in [0.15, 0.2) is 18.5 Å². The second-order valence-corrected chi connectivity index (χ2v) is 7.21. The first-order chi connectivity index (χ1) is 11.7. The van der Waals surface area contributed by atoms with E-state index in [9.17, 15) is 5.11 Å². The van der Waals surface area contributed by atoms with Crippen molar-refractivity contribution in [2.45, 2.75) is 63.1 Å². The standard InChI is InChI=1S/C17H26N6O/c1-2-16-20-17(22-21-16)11-6-12(15(24)7-11)10-18-13-8-14(9-13)23-5-3-4-19-23/h3-5,11-15,18,24H,2,6-10H2,1H3,(H,20,21,22)/t11-,12+,13?,14?,15+/m0/s1. The molecule has 130 valence electrons. The smallest absolute Gasteiger partial charge is 0.153 e. The number of H-pyrrole nitrogens is 1. The fourth-order valence-corrected chi connectivity index (χ4v) is 3.97. The third kappa shape index (κ3) is 3.10. The number of nitrogens with one attached hydrogen (secondary N) is 2. The lowest BCUT2D eigenvalue weighted by atomic mass is 9.86. The summed E-state index contributed by atoms with van der Waals surface area (Å²) in [7, 11) is 0. The number of aliphatic hydroxyl groups excluding tert-OH is 1. The summed E-state index contributed by atoms with van der Waals surface area (Å²) >= 11 is 0. The molecule has 0 aliphatic heterocycles. The molecule has 7 nitrogen and oxygen atoms in total. The second kappa shape index (κ2) is 6.64. The molecule has 2 heterocycles. The van der Waals surface area contributed by atoms with Crippen molar-refractivity contribution < 1.29 is 5.11 Å². The van der Waals surface area contributed by atoms with Gasteiger partial charge < -0.3 is 10.4 Å². The van der Waals surface area contributed by atoms with Crippen molar-refractivity contribution in [3.8, 4) is 0 Å². The first-order valence-corrected chi connectivity index (χ1v) is 9.04. The molecule has 7 heteroatoms. The third-order valence-corrected chi connectivity index (χ3v) is 5.59. The molecule has 0 bridgehead atoms. The van der Waals surface area contributed by atoms with Crippen LogP contribution in [-0.2, 0) is 6.42 Å².